The van der Waals surface area contributed by atoms with Crippen LogP contribution in [0.5, 0.6) is 0 Å². The Morgan fingerprint density at radius 2 is 1.03 bits per heavy atom. The van der Waals surface area contributed by atoms with Crippen LogP contribution in [0.25, 0.3) is 22.3 Å². The number of fused-ring (bicyclic) bond motifs is 1. The number of esters is 2. The minimum absolute atomic E-state index is 0.259. The molecule has 31 heavy (non-hydrogen) atoms. The Balaban J connectivity index is 2.16. The zero-order chi connectivity index (χ0) is 22.1. The highest BCUT2D eigenvalue weighted by molar-refractivity contribution is 9.10. The maximum atomic E-state index is 13.1. The van der Waals surface area contributed by atoms with Gasteiger partial charge in [0.1, 0.15) is 0 Å². The first kappa shape index (κ1) is 21.8. The Hall–Kier alpha value is -2.44. The van der Waals surface area contributed by atoms with Crippen LogP contribution in [-0.2, 0) is 22.3 Å². The van der Waals surface area contributed by atoms with Gasteiger partial charge in [0.2, 0.25) is 0 Å². The summed E-state index contributed by atoms with van der Waals surface area (Å²) in [5.41, 5.74) is 5.96. The third kappa shape index (κ3) is 3.94. The van der Waals surface area contributed by atoms with Gasteiger partial charge in [-0.05, 0) is 65.8 Å². The fourth-order valence-corrected chi connectivity index (χ4v) is 4.86. The maximum absolute atomic E-state index is 13.1. The summed E-state index contributed by atoms with van der Waals surface area (Å²) >= 11 is 6.94. The lowest BCUT2D eigenvalue weighted by atomic mass is 9.82. The van der Waals surface area contributed by atoms with Crippen LogP contribution in [0, 0.1) is 0 Å². The zero-order valence-corrected chi connectivity index (χ0v) is 20.3. The highest BCUT2D eigenvalue weighted by Gasteiger charge is 2.34. The molecule has 0 saturated heterocycles. The molecular weight excluding hydrogens is 524 g/mol. The summed E-state index contributed by atoms with van der Waals surface area (Å²) in [5, 5.41) is 0. The first-order valence-electron chi connectivity index (χ1n) is 9.86. The van der Waals surface area contributed by atoms with Crippen LogP contribution in [0.2, 0.25) is 0 Å². The van der Waals surface area contributed by atoms with E-state index in [0.29, 0.717) is 0 Å². The molecule has 0 aliphatic heterocycles. The van der Waals surface area contributed by atoms with Gasteiger partial charge in [-0.15, -0.1) is 0 Å². The zero-order valence-electron chi connectivity index (χ0n) is 17.1. The highest BCUT2D eigenvalue weighted by atomic mass is 79.9. The van der Waals surface area contributed by atoms with Gasteiger partial charge in [0.05, 0.1) is 25.3 Å². The number of carbonyl (C=O) groups is 2. The smallest absolute Gasteiger partial charge is 0.339 e. The van der Waals surface area contributed by atoms with Crippen LogP contribution in [0.1, 0.15) is 38.3 Å². The average Bonchev–Trinajstić information content (AvgIpc) is 3.27. The summed E-state index contributed by atoms with van der Waals surface area (Å²) in [6, 6.07) is 15.5. The van der Waals surface area contributed by atoms with Gasteiger partial charge in [0.15, 0.2) is 0 Å². The van der Waals surface area contributed by atoms with Gasteiger partial charge in [0, 0.05) is 20.1 Å². The van der Waals surface area contributed by atoms with E-state index >= 15 is 0 Å². The fraction of sp³-hybridized carbons (Fsp3) is 0.200. The molecule has 0 amide bonds. The molecule has 0 spiro atoms. The minimum Gasteiger partial charge on any atom is -0.465 e. The number of benzene rings is 3. The Morgan fingerprint density at radius 3 is 1.35 bits per heavy atom. The summed E-state index contributed by atoms with van der Waals surface area (Å²) in [6.45, 7) is 0. The highest BCUT2D eigenvalue weighted by Crippen LogP contribution is 2.45. The maximum Gasteiger partial charge on any atom is 0.339 e. The number of methoxy groups -OCH3 is 2. The molecule has 1 aliphatic carbocycles. The lowest BCUT2D eigenvalue weighted by Gasteiger charge is -2.22. The Labute approximate surface area is 197 Å². The molecule has 158 valence electrons. The van der Waals surface area contributed by atoms with Gasteiger partial charge >= 0.3 is 11.9 Å². The quantitative estimate of drug-likeness (QED) is 0.347. The number of hydrogen-bond acceptors (Lipinski definition) is 4. The summed E-state index contributed by atoms with van der Waals surface area (Å²) in [4.78, 5) is 26.2. The third-order valence-corrected chi connectivity index (χ3v) is 6.67. The second-order valence-electron chi connectivity index (χ2n) is 7.31. The molecule has 6 heteroatoms. The second-order valence-corrected chi connectivity index (χ2v) is 9.14. The van der Waals surface area contributed by atoms with Crippen molar-refractivity contribution >= 4 is 43.8 Å². The van der Waals surface area contributed by atoms with Crippen molar-refractivity contribution in [3.05, 3.63) is 79.7 Å². The van der Waals surface area contributed by atoms with Crippen LogP contribution in [-0.4, -0.2) is 26.2 Å². The minimum atomic E-state index is -0.550. The van der Waals surface area contributed by atoms with E-state index in [-0.39, 0.29) is 11.1 Å². The van der Waals surface area contributed by atoms with Crippen LogP contribution in [0.15, 0.2) is 57.5 Å². The van der Waals surface area contributed by atoms with E-state index in [1.165, 1.54) is 14.2 Å². The normalized spacial score (nSPS) is 12.4. The molecule has 1 aliphatic rings. The number of halogens is 2. The van der Waals surface area contributed by atoms with Crippen molar-refractivity contribution < 1.29 is 19.1 Å². The van der Waals surface area contributed by atoms with Gasteiger partial charge in [0.25, 0.3) is 0 Å². The Morgan fingerprint density at radius 1 is 0.677 bits per heavy atom. The van der Waals surface area contributed by atoms with E-state index in [9.17, 15) is 9.59 Å². The van der Waals surface area contributed by atoms with Crippen molar-refractivity contribution in [2.75, 3.05) is 14.2 Å². The van der Waals surface area contributed by atoms with E-state index in [1.807, 2.05) is 48.5 Å². The number of hydrogen-bond donors (Lipinski definition) is 0. The van der Waals surface area contributed by atoms with Crippen molar-refractivity contribution in [1.82, 2.24) is 0 Å². The number of carbonyl (C=O) groups excluding carboxylic acids is 2. The van der Waals surface area contributed by atoms with Gasteiger partial charge in [-0.2, -0.15) is 0 Å². The molecule has 0 aromatic heterocycles. The lowest BCUT2D eigenvalue weighted by molar-refractivity contribution is 0.0556. The van der Waals surface area contributed by atoms with Crippen molar-refractivity contribution in [2.24, 2.45) is 0 Å². The molecule has 0 heterocycles. The van der Waals surface area contributed by atoms with E-state index in [0.717, 1.165) is 61.6 Å². The molecule has 0 saturated carbocycles. The average molecular weight is 544 g/mol. The topological polar surface area (TPSA) is 52.6 Å². The van der Waals surface area contributed by atoms with Crippen LogP contribution in [0.4, 0.5) is 0 Å². The van der Waals surface area contributed by atoms with E-state index in [1.54, 1.807) is 0 Å². The Kier molecular flexibility index (Phi) is 6.30. The van der Waals surface area contributed by atoms with Crippen molar-refractivity contribution in [3.8, 4) is 22.3 Å². The van der Waals surface area contributed by atoms with Crippen molar-refractivity contribution in [1.29, 1.82) is 0 Å². The molecule has 0 bridgehead atoms. The molecule has 3 aromatic carbocycles. The molecule has 4 rings (SSSR count). The molecule has 4 nitrogen and oxygen atoms in total. The largest absolute Gasteiger partial charge is 0.465 e. The van der Waals surface area contributed by atoms with Gasteiger partial charge in [-0.3, -0.25) is 0 Å². The van der Waals surface area contributed by atoms with Crippen LogP contribution >= 0.6 is 31.9 Å². The van der Waals surface area contributed by atoms with E-state index < -0.39 is 11.9 Å². The van der Waals surface area contributed by atoms with Crippen LogP contribution in [0.3, 0.4) is 0 Å². The predicted molar refractivity (Wildman–Crippen MR) is 127 cm³/mol. The summed E-state index contributed by atoms with van der Waals surface area (Å²) < 4.78 is 12.2. The first-order chi connectivity index (χ1) is 15.0. The first-order valence-corrected chi connectivity index (χ1v) is 11.4. The van der Waals surface area contributed by atoms with E-state index in [4.69, 9.17) is 9.47 Å². The number of rotatable bonds is 4. The predicted octanol–water partition coefficient (Wildman–Crippen LogP) is 6.61. The summed E-state index contributed by atoms with van der Waals surface area (Å²) in [5.74, 6) is -1.10. The SMILES string of the molecule is COC(=O)c1c(C(=O)OC)c(-c2ccc(Br)cc2)c2c(c1-c1ccc(Br)cc1)CCC2. The molecular formula is C25H20Br2O4. The molecule has 0 radical (unpaired) electrons. The monoisotopic (exact) mass is 542 g/mol. The standard InChI is InChI=1S/C25H20Br2O4/c1-30-24(28)22-20(14-6-10-16(26)11-7-14)18-4-3-5-19(18)21(23(22)25(29)31-2)15-8-12-17(27)13-9-15/h6-13H,3-5H2,1-2H3. The summed E-state index contributed by atoms with van der Waals surface area (Å²) in [6.07, 6.45) is 2.61. The van der Waals surface area contributed by atoms with Crippen molar-refractivity contribution in [3.63, 3.8) is 0 Å². The molecule has 0 fully saturated rings. The second kappa shape index (κ2) is 8.97. The lowest BCUT2D eigenvalue weighted by Crippen LogP contribution is -2.17. The van der Waals surface area contributed by atoms with Gasteiger partial charge in [-0.1, -0.05) is 56.1 Å². The van der Waals surface area contributed by atoms with Gasteiger partial charge < -0.3 is 9.47 Å². The molecule has 0 N–H and O–H groups in total. The molecule has 0 unspecified atom stereocenters. The third-order valence-electron chi connectivity index (χ3n) is 5.62. The van der Waals surface area contributed by atoms with Gasteiger partial charge in [-0.25, -0.2) is 9.59 Å². The van der Waals surface area contributed by atoms with Crippen molar-refractivity contribution in [2.45, 2.75) is 19.3 Å². The number of ether oxygens (including phenoxy) is 2. The molecule has 3 aromatic rings. The molecule has 0 atom stereocenters. The van der Waals surface area contributed by atoms with E-state index in [2.05, 4.69) is 31.9 Å². The van der Waals surface area contributed by atoms with Crippen LogP contribution < -0.4 is 0 Å². The fourth-order valence-electron chi connectivity index (χ4n) is 4.33. The Bertz CT molecular complexity index is 1070. The summed E-state index contributed by atoms with van der Waals surface area (Å²) in [7, 11) is 2.67.